The molecule has 0 fully saturated rings. The summed E-state index contributed by atoms with van der Waals surface area (Å²) in [5.41, 5.74) is 19.3. The molecule has 0 spiro atoms. The number of hydrogen-bond acceptors (Lipinski definition) is 5. The number of nitrogens with zero attached hydrogens (tertiary/aromatic N) is 5. The van der Waals surface area contributed by atoms with Crippen LogP contribution in [0, 0.1) is 39.8 Å². The number of pyridine rings is 1. The fourth-order valence-corrected chi connectivity index (χ4v) is 9.65. The second-order valence-electron chi connectivity index (χ2n) is 15.9. The van der Waals surface area contributed by atoms with E-state index in [4.69, 9.17) is 14.4 Å². The topological polar surface area (TPSA) is 50.3 Å². The molecule has 0 radical (unpaired) electrons. The molecule has 12 rings (SSSR count). The number of aryl methyl sites for hydroxylation is 4. The van der Waals surface area contributed by atoms with Gasteiger partial charge < -0.3 is 18.8 Å². The van der Waals surface area contributed by atoms with Gasteiger partial charge in [0.15, 0.2) is 0 Å². The third kappa shape index (κ3) is 5.32. The van der Waals surface area contributed by atoms with Crippen molar-refractivity contribution in [2.75, 3.05) is 9.80 Å². The Morgan fingerprint density at radius 1 is 0.567 bits per heavy atom. The molecular weight excluding hydrogens is 916 g/mol. The number of rotatable bonds is 4. The van der Waals surface area contributed by atoms with Crippen LogP contribution in [0.15, 0.2) is 150 Å². The maximum atomic E-state index is 6.41. The summed E-state index contributed by atoms with van der Waals surface area (Å²) in [5.74, 6) is 1.40. The second-order valence-corrected chi connectivity index (χ2v) is 15.9. The first-order chi connectivity index (χ1) is 28.9. The van der Waals surface area contributed by atoms with Gasteiger partial charge >= 0.3 is 21.1 Å². The molecule has 0 aliphatic carbocycles. The van der Waals surface area contributed by atoms with Gasteiger partial charge in [-0.1, -0.05) is 94.6 Å². The Balaban J connectivity index is 0.00000408. The molecule has 2 aliphatic heterocycles. The van der Waals surface area contributed by atoms with Gasteiger partial charge in [0.1, 0.15) is 17.3 Å². The fourth-order valence-electron chi connectivity index (χ4n) is 9.65. The number of aromatic nitrogens is 3. The molecule has 3 aromatic heterocycles. The van der Waals surface area contributed by atoms with Crippen molar-refractivity contribution in [3.05, 3.63) is 180 Å². The van der Waals surface area contributed by atoms with Crippen LogP contribution in [-0.2, 0) is 21.1 Å². The van der Waals surface area contributed by atoms with E-state index in [1.165, 1.54) is 27.7 Å². The Bertz CT molecular complexity index is 3340. The fraction of sp³-hybridized carbons (Fsp3) is 0.0769. The molecule has 0 atom stereocenters. The summed E-state index contributed by atoms with van der Waals surface area (Å²) >= 11 is 0. The number of para-hydroxylation sites is 3. The van der Waals surface area contributed by atoms with Crippen molar-refractivity contribution in [1.82, 2.24) is 14.5 Å². The molecule has 0 amide bonds. The third-order valence-corrected chi connectivity index (χ3v) is 12.2. The molecule has 288 valence electrons. The van der Waals surface area contributed by atoms with E-state index in [9.17, 15) is 0 Å². The molecule has 0 saturated carbocycles. The minimum atomic E-state index is -0.223. The van der Waals surface area contributed by atoms with E-state index < -0.39 is 0 Å². The SMILES string of the molecule is Cc1ccc(N2c3ccc(-c4nc5ccccc5o4)[c-]c3B3c4[c-]c5c(cc4N(c4ccc(C)cc4C)c4cccc2c43)c2ccccc2n5-c2ccccn2)c(C)c1.[Pt+2]. The first kappa shape index (κ1) is 36.4. The van der Waals surface area contributed by atoms with E-state index in [0.717, 1.165) is 89.3 Å². The van der Waals surface area contributed by atoms with Gasteiger partial charge in [-0.3, -0.25) is 4.98 Å². The number of anilines is 6. The van der Waals surface area contributed by atoms with Crippen LogP contribution in [0.25, 0.3) is 50.2 Å². The van der Waals surface area contributed by atoms with E-state index in [2.05, 4.69) is 157 Å². The first-order valence-corrected chi connectivity index (χ1v) is 20.1. The van der Waals surface area contributed by atoms with E-state index in [-0.39, 0.29) is 27.8 Å². The zero-order valence-electron chi connectivity index (χ0n) is 33.4. The molecule has 60 heavy (non-hydrogen) atoms. The van der Waals surface area contributed by atoms with Crippen molar-refractivity contribution in [3.63, 3.8) is 0 Å². The van der Waals surface area contributed by atoms with Crippen molar-refractivity contribution < 1.29 is 25.5 Å². The van der Waals surface area contributed by atoms with Crippen LogP contribution in [0.4, 0.5) is 34.1 Å². The molecule has 0 bridgehead atoms. The molecule has 8 heteroatoms. The minimum absolute atomic E-state index is 0. The van der Waals surface area contributed by atoms with Crippen molar-refractivity contribution in [3.8, 4) is 17.3 Å². The van der Waals surface area contributed by atoms with Gasteiger partial charge in [0.2, 0.25) is 6.71 Å². The minimum Gasteiger partial charge on any atom is -0.481 e. The van der Waals surface area contributed by atoms with Crippen molar-refractivity contribution in [2.45, 2.75) is 27.7 Å². The monoisotopic (exact) mass is 952 g/mol. The molecule has 0 saturated heterocycles. The maximum absolute atomic E-state index is 6.41. The van der Waals surface area contributed by atoms with Crippen LogP contribution in [0.5, 0.6) is 0 Å². The van der Waals surface area contributed by atoms with Crippen molar-refractivity contribution >= 4 is 90.1 Å². The van der Waals surface area contributed by atoms with Gasteiger partial charge in [-0.25, -0.2) is 4.98 Å². The summed E-state index contributed by atoms with van der Waals surface area (Å²) in [6.45, 7) is 8.52. The molecule has 2 aliphatic rings. The zero-order valence-corrected chi connectivity index (χ0v) is 35.7. The number of hydrogen-bond donors (Lipinski definition) is 0. The number of fused-ring (bicyclic) bond motifs is 8. The Hall–Kier alpha value is -6.69. The zero-order chi connectivity index (χ0) is 39.5. The Morgan fingerprint density at radius 3 is 1.95 bits per heavy atom. The molecule has 0 unspecified atom stereocenters. The quantitative estimate of drug-likeness (QED) is 0.130. The van der Waals surface area contributed by atoms with Crippen LogP contribution in [0.3, 0.4) is 0 Å². The van der Waals surface area contributed by atoms with E-state index in [0.29, 0.717) is 5.89 Å². The molecule has 0 N–H and O–H groups in total. The number of benzene rings is 7. The van der Waals surface area contributed by atoms with Gasteiger partial charge in [0, 0.05) is 34.5 Å². The van der Waals surface area contributed by atoms with Crippen LogP contribution in [0.2, 0.25) is 0 Å². The summed E-state index contributed by atoms with van der Waals surface area (Å²) in [6.07, 6.45) is 1.86. The van der Waals surface area contributed by atoms with Crippen LogP contribution < -0.4 is 26.2 Å². The normalized spacial score (nSPS) is 12.8. The summed E-state index contributed by atoms with van der Waals surface area (Å²) in [6, 6.07) is 57.7. The van der Waals surface area contributed by atoms with Gasteiger partial charge in [0.25, 0.3) is 0 Å². The molecule has 10 aromatic rings. The summed E-state index contributed by atoms with van der Waals surface area (Å²) in [7, 11) is 0. The maximum Gasteiger partial charge on any atom is 2.00 e. The van der Waals surface area contributed by atoms with Gasteiger partial charge in [-0.2, -0.15) is 11.5 Å². The van der Waals surface area contributed by atoms with E-state index in [1.807, 2.05) is 42.6 Å². The first-order valence-electron chi connectivity index (χ1n) is 20.1. The molecule has 6 nitrogen and oxygen atoms in total. The average molecular weight is 953 g/mol. The summed E-state index contributed by atoms with van der Waals surface area (Å²) < 4.78 is 8.67. The van der Waals surface area contributed by atoms with E-state index >= 15 is 0 Å². The Kier molecular flexibility index (Phi) is 8.30. The molecule has 7 aromatic carbocycles. The van der Waals surface area contributed by atoms with Crippen molar-refractivity contribution in [1.29, 1.82) is 0 Å². The van der Waals surface area contributed by atoms with E-state index in [1.54, 1.807) is 0 Å². The predicted octanol–water partition coefficient (Wildman–Crippen LogP) is 10.9. The standard InChI is InChI=1S/C52H36BN5O.Pt/c1-31-19-22-41(33(3)26-31)56-44-24-21-35(52-55-40-13-6-8-17-49(40)59-52)28-38(44)53-39-30-47-37(36-12-5-7-14-43(36)58(47)50-18-9-10-25-54-50)29-48(39)57(42-23-20-32(2)27-34(42)4)46-16-11-15-45(56)51(46)53;/h5-27,29H,1-4H3;/q-2;+2. The summed E-state index contributed by atoms with van der Waals surface area (Å²) in [5, 5.41) is 2.28. The largest absolute Gasteiger partial charge is 2.00 e. The van der Waals surface area contributed by atoms with Crippen LogP contribution in [0.1, 0.15) is 22.3 Å². The van der Waals surface area contributed by atoms with Crippen LogP contribution in [-0.4, -0.2) is 21.2 Å². The molecule has 5 heterocycles. The Labute approximate surface area is 363 Å². The van der Waals surface area contributed by atoms with Gasteiger partial charge in [0.05, 0.1) is 5.52 Å². The van der Waals surface area contributed by atoms with Gasteiger partial charge in [-0.05, 0) is 110 Å². The van der Waals surface area contributed by atoms with Gasteiger partial charge in [-0.15, -0.1) is 35.1 Å². The van der Waals surface area contributed by atoms with Crippen LogP contribution >= 0.6 is 0 Å². The van der Waals surface area contributed by atoms with Crippen molar-refractivity contribution in [2.24, 2.45) is 0 Å². The third-order valence-electron chi connectivity index (χ3n) is 12.2. The molecular formula is C52H36BN5OPt. The smallest absolute Gasteiger partial charge is 0.481 e. The Morgan fingerprint density at radius 2 is 1.23 bits per heavy atom. The summed E-state index contributed by atoms with van der Waals surface area (Å²) in [4.78, 5) is 14.7. The average Bonchev–Trinajstić information content (AvgIpc) is 3.83. The predicted molar refractivity (Wildman–Crippen MR) is 242 cm³/mol. The number of oxazole rings is 1. The second kappa shape index (κ2) is 13.7.